The molecule has 3 atom stereocenters. The van der Waals surface area contributed by atoms with Crippen molar-refractivity contribution in [1.29, 1.82) is 0 Å². The fourth-order valence-corrected chi connectivity index (χ4v) is 2.74. The Balaban J connectivity index is 1.88. The van der Waals surface area contributed by atoms with E-state index in [9.17, 15) is 9.59 Å². The summed E-state index contributed by atoms with van der Waals surface area (Å²) in [5.41, 5.74) is 3.46. The predicted octanol–water partition coefficient (Wildman–Crippen LogP) is 4.43. The standard InChI is InChI=1S/C21H22O3/c1-13-4-8-16(9-5-13)19(22)20(17-10-6-14(2)7-11-17)24-21(23)18-12-15(18)3/h4-11,15,18,20H,12H2,1-3H3/t15-,18+,20+/m0/s1. The van der Waals surface area contributed by atoms with Crippen LogP contribution in [0.1, 0.15) is 46.5 Å². The summed E-state index contributed by atoms with van der Waals surface area (Å²) in [7, 11) is 0. The number of ketones is 1. The molecule has 1 aliphatic rings. The summed E-state index contributed by atoms with van der Waals surface area (Å²) in [5.74, 6) is -0.163. The average molecular weight is 322 g/mol. The summed E-state index contributed by atoms with van der Waals surface area (Å²) < 4.78 is 5.63. The number of rotatable bonds is 5. The van der Waals surface area contributed by atoms with Crippen molar-refractivity contribution in [2.75, 3.05) is 0 Å². The first-order valence-corrected chi connectivity index (χ1v) is 8.33. The van der Waals surface area contributed by atoms with Crippen molar-refractivity contribution in [3.8, 4) is 0 Å². The molecule has 0 aromatic heterocycles. The molecule has 0 amide bonds. The molecule has 3 rings (SSSR count). The topological polar surface area (TPSA) is 43.4 Å². The SMILES string of the molecule is Cc1ccc(C(=O)[C@H](OC(=O)[C@@H]2C[C@@H]2C)c2ccc(C)cc2)cc1. The van der Waals surface area contributed by atoms with Gasteiger partial charge in [-0.05, 0) is 26.2 Å². The van der Waals surface area contributed by atoms with Gasteiger partial charge in [0.15, 0.2) is 6.10 Å². The minimum Gasteiger partial charge on any atom is -0.449 e. The smallest absolute Gasteiger partial charge is 0.310 e. The molecular formula is C21H22O3. The molecule has 1 fully saturated rings. The van der Waals surface area contributed by atoms with E-state index in [1.165, 1.54) is 0 Å². The van der Waals surface area contributed by atoms with Crippen LogP contribution in [-0.2, 0) is 9.53 Å². The quantitative estimate of drug-likeness (QED) is 0.604. The van der Waals surface area contributed by atoms with Crippen LogP contribution in [0.15, 0.2) is 48.5 Å². The molecule has 0 aliphatic heterocycles. The first kappa shape index (κ1) is 16.4. The van der Waals surface area contributed by atoms with E-state index in [1.807, 2.05) is 57.2 Å². The molecule has 1 aliphatic carbocycles. The van der Waals surface area contributed by atoms with Crippen molar-refractivity contribution in [2.45, 2.75) is 33.3 Å². The summed E-state index contributed by atoms with van der Waals surface area (Å²) in [6, 6.07) is 14.9. The lowest BCUT2D eigenvalue weighted by Crippen LogP contribution is -2.21. The number of aryl methyl sites for hydroxylation is 2. The number of benzene rings is 2. The molecule has 0 saturated heterocycles. The van der Waals surface area contributed by atoms with Gasteiger partial charge in [-0.2, -0.15) is 0 Å². The molecule has 0 spiro atoms. The maximum Gasteiger partial charge on any atom is 0.310 e. The largest absolute Gasteiger partial charge is 0.449 e. The van der Waals surface area contributed by atoms with E-state index in [0.717, 1.165) is 17.5 Å². The van der Waals surface area contributed by atoms with Gasteiger partial charge in [0.25, 0.3) is 0 Å². The average Bonchev–Trinajstić information content (AvgIpc) is 3.30. The summed E-state index contributed by atoms with van der Waals surface area (Å²) >= 11 is 0. The van der Waals surface area contributed by atoms with Gasteiger partial charge in [0.2, 0.25) is 5.78 Å². The van der Waals surface area contributed by atoms with Crippen LogP contribution in [0.3, 0.4) is 0 Å². The molecule has 3 nitrogen and oxygen atoms in total. The Morgan fingerprint density at radius 2 is 1.46 bits per heavy atom. The van der Waals surface area contributed by atoms with E-state index in [2.05, 4.69) is 0 Å². The third kappa shape index (κ3) is 3.56. The third-order valence-electron chi connectivity index (χ3n) is 4.60. The van der Waals surface area contributed by atoms with E-state index in [-0.39, 0.29) is 17.7 Å². The molecule has 0 radical (unpaired) electrons. The minimum atomic E-state index is -0.881. The predicted molar refractivity (Wildman–Crippen MR) is 92.8 cm³/mol. The molecule has 0 bridgehead atoms. The Morgan fingerprint density at radius 1 is 0.958 bits per heavy atom. The van der Waals surface area contributed by atoms with Crippen molar-refractivity contribution in [3.63, 3.8) is 0 Å². The van der Waals surface area contributed by atoms with Crippen LogP contribution in [-0.4, -0.2) is 11.8 Å². The van der Waals surface area contributed by atoms with Gasteiger partial charge in [0.1, 0.15) is 0 Å². The number of hydrogen-bond acceptors (Lipinski definition) is 3. The third-order valence-corrected chi connectivity index (χ3v) is 4.60. The van der Waals surface area contributed by atoms with Crippen molar-refractivity contribution >= 4 is 11.8 Å². The van der Waals surface area contributed by atoms with Gasteiger partial charge in [0, 0.05) is 11.1 Å². The van der Waals surface area contributed by atoms with Crippen LogP contribution in [0.25, 0.3) is 0 Å². The van der Waals surface area contributed by atoms with E-state index < -0.39 is 6.10 Å². The van der Waals surface area contributed by atoms with Crippen LogP contribution in [0.2, 0.25) is 0 Å². The molecule has 0 N–H and O–H groups in total. The highest BCUT2D eigenvalue weighted by molar-refractivity contribution is 6.01. The zero-order chi connectivity index (χ0) is 17.3. The van der Waals surface area contributed by atoms with Crippen molar-refractivity contribution < 1.29 is 14.3 Å². The van der Waals surface area contributed by atoms with Gasteiger partial charge in [0.05, 0.1) is 5.92 Å². The maximum absolute atomic E-state index is 12.9. The molecule has 0 heterocycles. The van der Waals surface area contributed by atoms with E-state index in [1.54, 1.807) is 12.1 Å². The molecule has 0 unspecified atom stereocenters. The maximum atomic E-state index is 12.9. The van der Waals surface area contributed by atoms with Crippen molar-refractivity contribution in [3.05, 3.63) is 70.8 Å². The highest BCUT2D eigenvalue weighted by Crippen LogP contribution is 2.40. The lowest BCUT2D eigenvalue weighted by atomic mass is 9.98. The molecule has 3 heteroatoms. The second kappa shape index (κ2) is 6.60. The van der Waals surface area contributed by atoms with Crippen molar-refractivity contribution in [2.24, 2.45) is 11.8 Å². The Bertz CT molecular complexity index is 744. The van der Waals surface area contributed by atoms with Crippen LogP contribution in [0.5, 0.6) is 0 Å². The zero-order valence-corrected chi connectivity index (χ0v) is 14.3. The molecule has 1 saturated carbocycles. The molecule has 2 aromatic carbocycles. The Hall–Kier alpha value is -2.42. The Labute approximate surface area is 142 Å². The lowest BCUT2D eigenvalue weighted by molar-refractivity contribution is -0.149. The summed E-state index contributed by atoms with van der Waals surface area (Å²) in [6.45, 7) is 5.98. The van der Waals surface area contributed by atoms with Gasteiger partial charge < -0.3 is 4.74 Å². The summed E-state index contributed by atoms with van der Waals surface area (Å²) in [6.07, 6.45) is -0.0355. The lowest BCUT2D eigenvalue weighted by Gasteiger charge is -2.18. The highest BCUT2D eigenvalue weighted by Gasteiger charge is 2.42. The van der Waals surface area contributed by atoms with Gasteiger partial charge in [-0.15, -0.1) is 0 Å². The van der Waals surface area contributed by atoms with Crippen LogP contribution in [0.4, 0.5) is 0 Å². The van der Waals surface area contributed by atoms with Gasteiger partial charge >= 0.3 is 5.97 Å². The van der Waals surface area contributed by atoms with Crippen LogP contribution in [0, 0.1) is 25.7 Å². The zero-order valence-electron chi connectivity index (χ0n) is 14.3. The summed E-state index contributed by atoms with van der Waals surface area (Å²) in [5, 5.41) is 0. The second-order valence-corrected chi connectivity index (χ2v) is 6.78. The van der Waals surface area contributed by atoms with Gasteiger partial charge in [-0.3, -0.25) is 9.59 Å². The number of Topliss-reactive ketones (excluding diaryl/α,β-unsaturated/α-hetero) is 1. The van der Waals surface area contributed by atoms with Crippen molar-refractivity contribution in [1.82, 2.24) is 0 Å². The fraction of sp³-hybridized carbons (Fsp3) is 0.333. The molecule has 124 valence electrons. The number of ether oxygens (including phenoxy) is 1. The second-order valence-electron chi connectivity index (χ2n) is 6.78. The van der Waals surface area contributed by atoms with Crippen LogP contribution < -0.4 is 0 Å². The van der Waals surface area contributed by atoms with Crippen LogP contribution >= 0.6 is 0 Å². The minimum absolute atomic E-state index is 0.0660. The first-order valence-electron chi connectivity index (χ1n) is 8.33. The van der Waals surface area contributed by atoms with Gasteiger partial charge in [-0.25, -0.2) is 0 Å². The van der Waals surface area contributed by atoms with E-state index >= 15 is 0 Å². The van der Waals surface area contributed by atoms with E-state index in [0.29, 0.717) is 17.0 Å². The first-order chi connectivity index (χ1) is 11.5. The Kier molecular flexibility index (Phi) is 4.52. The molecule has 24 heavy (non-hydrogen) atoms. The monoisotopic (exact) mass is 322 g/mol. The van der Waals surface area contributed by atoms with Gasteiger partial charge in [-0.1, -0.05) is 66.6 Å². The number of carbonyl (C=O) groups excluding carboxylic acids is 2. The molecular weight excluding hydrogens is 300 g/mol. The molecule has 2 aromatic rings. The number of esters is 1. The number of hydrogen-bond donors (Lipinski definition) is 0. The highest BCUT2D eigenvalue weighted by atomic mass is 16.5. The Morgan fingerprint density at radius 3 is 1.96 bits per heavy atom. The van der Waals surface area contributed by atoms with E-state index in [4.69, 9.17) is 4.74 Å². The number of carbonyl (C=O) groups is 2. The fourth-order valence-electron chi connectivity index (χ4n) is 2.74. The normalized spacial score (nSPS) is 20.3. The summed E-state index contributed by atoms with van der Waals surface area (Å²) in [4.78, 5) is 25.2.